The number of rotatable bonds is 10. The van der Waals surface area contributed by atoms with Crippen molar-refractivity contribution >= 4 is 27.6 Å². The maximum absolute atomic E-state index is 12.9. The van der Waals surface area contributed by atoms with Gasteiger partial charge >= 0.3 is 5.97 Å². The van der Waals surface area contributed by atoms with Crippen LogP contribution in [-0.4, -0.2) is 50.1 Å². The molecule has 1 atom stereocenters. The molecule has 0 spiro atoms. The lowest BCUT2D eigenvalue weighted by Gasteiger charge is -2.25. The highest BCUT2D eigenvalue weighted by Crippen LogP contribution is 2.26. The first-order valence-electron chi connectivity index (χ1n) is 8.69. The molecule has 7 nitrogen and oxygen atoms in total. The number of sulfonamides is 1. The van der Waals surface area contributed by atoms with Gasteiger partial charge in [0.15, 0.2) is 0 Å². The normalized spacial score (nSPS) is 12.4. The third-order valence-corrected chi connectivity index (χ3v) is 6.14. The van der Waals surface area contributed by atoms with Crippen LogP contribution in [0.3, 0.4) is 0 Å². The molecule has 0 aliphatic carbocycles. The minimum absolute atomic E-state index is 0.0251. The van der Waals surface area contributed by atoms with Gasteiger partial charge in [0, 0.05) is 18.7 Å². The highest BCUT2D eigenvalue weighted by atomic mass is 35.5. The summed E-state index contributed by atoms with van der Waals surface area (Å²) in [5.41, 5.74) is 0. The van der Waals surface area contributed by atoms with Gasteiger partial charge in [0.05, 0.1) is 4.90 Å². The molecule has 0 amide bonds. The van der Waals surface area contributed by atoms with Crippen LogP contribution in [0, 0.1) is 0 Å². The Morgan fingerprint density at radius 1 is 1.17 bits per heavy atom. The number of ether oxygens (including phenoxy) is 2. The zero-order valence-electron chi connectivity index (χ0n) is 15.8. The highest BCUT2D eigenvalue weighted by Gasteiger charge is 2.33. The van der Waals surface area contributed by atoms with Gasteiger partial charge in [0.1, 0.15) is 24.1 Å². The molecule has 2 aromatic rings. The van der Waals surface area contributed by atoms with E-state index in [4.69, 9.17) is 21.1 Å². The molecule has 0 aliphatic heterocycles. The highest BCUT2D eigenvalue weighted by molar-refractivity contribution is 7.89. The molecule has 29 heavy (non-hydrogen) atoms. The fraction of sp³-hybridized carbons (Fsp3) is 0.250. The second-order valence-corrected chi connectivity index (χ2v) is 8.43. The lowest BCUT2D eigenvalue weighted by atomic mass is 10.2. The Kier molecular flexibility index (Phi) is 8.21. The Labute approximate surface area is 175 Å². The molecule has 2 rings (SSSR count). The number of benzene rings is 2. The Morgan fingerprint density at radius 3 is 2.24 bits per heavy atom. The fourth-order valence-electron chi connectivity index (χ4n) is 2.46. The van der Waals surface area contributed by atoms with Crippen molar-refractivity contribution in [1.82, 2.24) is 4.31 Å². The van der Waals surface area contributed by atoms with Crippen LogP contribution in [0.1, 0.15) is 6.42 Å². The number of nitrogens with zero attached hydrogens (tertiary/aromatic N) is 1. The van der Waals surface area contributed by atoms with E-state index in [0.29, 0.717) is 16.5 Å². The Morgan fingerprint density at radius 2 is 1.72 bits per heavy atom. The molecule has 0 heterocycles. The van der Waals surface area contributed by atoms with E-state index in [1.807, 2.05) is 0 Å². The van der Waals surface area contributed by atoms with Crippen LogP contribution in [0.4, 0.5) is 0 Å². The molecule has 0 saturated carbocycles. The van der Waals surface area contributed by atoms with E-state index in [2.05, 4.69) is 6.58 Å². The Balaban J connectivity index is 2.18. The van der Waals surface area contributed by atoms with Gasteiger partial charge in [-0.2, -0.15) is 4.31 Å². The topological polar surface area (TPSA) is 93.1 Å². The Bertz CT molecular complexity index is 928. The number of likely N-dealkylation sites (N-methyl/N-ethyl adjacent to an activating group) is 1. The monoisotopic (exact) mass is 439 g/mol. The summed E-state index contributed by atoms with van der Waals surface area (Å²) in [6.07, 6.45) is 1.28. The summed E-state index contributed by atoms with van der Waals surface area (Å²) in [7, 11) is -2.74. The van der Waals surface area contributed by atoms with Crippen molar-refractivity contribution in [3.63, 3.8) is 0 Å². The van der Waals surface area contributed by atoms with Gasteiger partial charge in [-0.05, 0) is 55.0 Å². The summed E-state index contributed by atoms with van der Waals surface area (Å²) in [5.74, 6) is 0.231. The van der Waals surface area contributed by atoms with Crippen molar-refractivity contribution in [3.8, 4) is 11.5 Å². The van der Waals surface area contributed by atoms with Crippen LogP contribution < -0.4 is 4.74 Å². The molecular formula is C20H22ClNO6S. The van der Waals surface area contributed by atoms with E-state index in [1.54, 1.807) is 24.3 Å². The summed E-state index contributed by atoms with van der Waals surface area (Å²) >= 11 is 5.83. The van der Waals surface area contributed by atoms with Crippen molar-refractivity contribution in [2.75, 3.05) is 20.3 Å². The maximum atomic E-state index is 12.9. The van der Waals surface area contributed by atoms with Crippen molar-refractivity contribution in [1.29, 1.82) is 0 Å². The Hall–Kier alpha value is -2.39. The number of aliphatic hydroxyl groups is 1. The SMILES string of the molecule is C=CCOC(=O)C(CCO)N(C)S(=O)(=O)c1ccc(Oc2ccc(Cl)cc2)cc1. The summed E-state index contributed by atoms with van der Waals surface area (Å²) in [6.45, 7) is 3.02. The number of hydrogen-bond donors (Lipinski definition) is 1. The first kappa shape index (κ1) is 22.9. The van der Waals surface area contributed by atoms with Gasteiger partial charge in [0.2, 0.25) is 10.0 Å². The minimum Gasteiger partial charge on any atom is -0.460 e. The van der Waals surface area contributed by atoms with E-state index < -0.39 is 22.0 Å². The van der Waals surface area contributed by atoms with Crippen LogP contribution in [0.15, 0.2) is 66.1 Å². The molecule has 0 fully saturated rings. The lowest BCUT2D eigenvalue weighted by Crippen LogP contribution is -2.43. The number of aliphatic hydroxyl groups excluding tert-OH is 1. The van der Waals surface area contributed by atoms with Crippen LogP contribution in [0.25, 0.3) is 0 Å². The minimum atomic E-state index is -4.00. The van der Waals surface area contributed by atoms with Crippen molar-refractivity contribution in [3.05, 3.63) is 66.2 Å². The van der Waals surface area contributed by atoms with Crippen LogP contribution in [0.2, 0.25) is 5.02 Å². The standard InChI is InChI=1S/C20H22ClNO6S/c1-3-14-27-20(24)19(12-13-23)22(2)29(25,26)18-10-8-17(9-11-18)28-16-6-4-15(21)5-7-16/h3-11,19,23H,1,12-14H2,2H3. The van der Waals surface area contributed by atoms with Gasteiger partial charge in [-0.15, -0.1) is 0 Å². The molecule has 2 aromatic carbocycles. The molecule has 0 aliphatic rings. The zero-order chi connectivity index (χ0) is 21.4. The van der Waals surface area contributed by atoms with E-state index >= 15 is 0 Å². The van der Waals surface area contributed by atoms with E-state index in [1.165, 1.54) is 37.4 Å². The van der Waals surface area contributed by atoms with Gasteiger partial charge in [-0.25, -0.2) is 8.42 Å². The number of halogens is 1. The van der Waals surface area contributed by atoms with Crippen molar-refractivity contribution in [2.45, 2.75) is 17.4 Å². The molecule has 0 saturated heterocycles. The van der Waals surface area contributed by atoms with Gasteiger partial charge in [0.25, 0.3) is 0 Å². The number of esters is 1. The summed E-state index contributed by atoms with van der Waals surface area (Å²) in [6, 6.07) is 11.3. The average molecular weight is 440 g/mol. The molecule has 9 heteroatoms. The maximum Gasteiger partial charge on any atom is 0.324 e. The third kappa shape index (κ3) is 6.04. The van der Waals surface area contributed by atoms with Crippen molar-refractivity contribution < 1.29 is 27.8 Å². The lowest BCUT2D eigenvalue weighted by molar-refractivity contribution is -0.147. The van der Waals surface area contributed by atoms with Crippen LogP contribution >= 0.6 is 11.6 Å². The summed E-state index contributed by atoms with van der Waals surface area (Å²) < 4.78 is 37.3. The second kappa shape index (κ2) is 10.4. The summed E-state index contributed by atoms with van der Waals surface area (Å²) in [5, 5.41) is 9.79. The van der Waals surface area contributed by atoms with E-state index in [9.17, 15) is 18.3 Å². The second-order valence-electron chi connectivity index (χ2n) is 6.00. The number of hydrogen-bond acceptors (Lipinski definition) is 6. The van der Waals surface area contributed by atoms with Crippen LogP contribution in [-0.2, 0) is 19.6 Å². The summed E-state index contributed by atoms with van der Waals surface area (Å²) in [4.78, 5) is 12.2. The molecule has 156 valence electrons. The molecule has 1 N–H and O–H groups in total. The zero-order valence-corrected chi connectivity index (χ0v) is 17.4. The number of carbonyl (C=O) groups is 1. The molecule has 0 aromatic heterocycles. The number of carbonyl (C=O) groups excluding carboxylic acids is 1. The largest absolute Gasteiger partial charge is 0.460 e. The van der Waals surface area contributed by atoms with E-state index in [-0.39, 0.29) is 24.5 Å². The third-order valence-electron chi connectivity index (χ3n) is 4.01. The quantitative estimate of drug-likeness (QED) is 0.451. The predicted octanol–water partition coefficient (Wildman–Crippen LogP) is 3.23. The first-order chi connectivity index (χ1) is 13.8. The first-order valence-corrected chi connectivity index (χ1v) is 10.5. The van der Waals surface area contributed by atoms with E-state index in [0.717, 1.165) is 4.31 Å². The molecule has 0 radical (unpaired) electrons. The van der Waals surface area contributed by atoms with Gasteiger partial charge in [-0.1, -0.05) is 24.3 Å². The smallest absolute Gasteiger partial charge is 0.324 e. The van der Waals surface area contributed by atoms with Gasteiger partial charge in [-0.3, -0.25) is 4.79 Å². The molecular weight excluding hydrogens is 418 g/mol. The molecule has 0 bridgehead atoms. The average Bonchev–Trinajstić information content (AvgIpc) is 2.71. The molecule has 1 unspecified atom stereocenters. The predicted molar refractivity (Wildman–Crippen MR) is 110 cm³/mol. The van der Waals surface area contributed by atoms with Gasteiger partial charge < -0.3 is 14.6 Å². The van der Waals surface area contributed by atoms with Crippen LogP contribution in [0.5, 0.6) is 11.5 Å². The van der Waals surface area contributed by atoms with Crippen molar-refractivity contribution in [2.24, 2.45) is 0 Å². The fourth-order valence-corrected chi connectivity index (χ4v) is 3.92.